The second-order valence-electron chi connectivity index (χ2n) is 0.781. The standard InChI is InChI=1S/C4H10S.3CH2O.Ni/c1-3-5-4-2;3*1-2;/h3-4H2,1-2H3;3*1H2;. The molecule has 0 heterocycles. The average Bonchev–Trinajstić information content (AvgIpc) is 2.16. The molecule has 0 unspecified atom stereocenters. The molecule has 0 rings (SSSR count). The summed E-state index contributed by atoms with van der Waals surface area (Å²) in [7, 11) is 0. The molecule has 3 nitrogen and oxygen atoms in total. The minimum absolute atomic E-state index is 0. The van der Waals surface area contributed by atoms with Crippen molar-refractivity contribution in [3.05, 3.63) is 0 Å². The third-order valence-electron chi connectivity index (χ3n) is 0.408. The molecule has 78 valence electrons. The number of carbonyl (C=O) groups excluding carboxylic acids is 3. The molecular formula is C7H16NiO3S. The average molecular weight is 239 g/mol. The normalized spacial score (nSPS) is 4.50. The molecule has 0 N–H and O–H groups in total. The monoisotopic (exact) mass is 238 g/mol. The van der Waals surface area contributed by atoms with Crippen LogP contribution in [-0.2, 0) is 30.9 Å². The zero-order valence-electron chi connectivity index (χ0n) is 7.48. The van der Waals surface area contributed by atoms with Crippen molar-refractivity contribution < 1.29 is 30.9 Å². The fourth-order valence-corrected chi connectivity index (χ4v) is 0.612. The summed E-state index contributed by atoms with van der Waals surface area (Å²) in [6.45, 7) is 10.3. The number of hydrogen-bond acceptors (Lipinski definition) is 4. The van der Waals surface area contributed by atoms with Gasteiger partial charge < -0.3 is 14.4 Å². The van der Waals surface area contributed by atoms with Gasteiger partial charge in [0.2, 0.25) is 0 Å². The van der Waals surface area contributed by atoms with E-state index in [1.54, 1.807) is 0 Å². The van der Waals surface area contributed by atoms with Gasteiger partial charge in [-0.2, -0.15) is 11.8 Å². The molecule has 0 aromatic heterocycles. The van der Waals surface area contributed by atoms with E-state index in [9.17, 15) is 0 Å². The van der Waals surface area contributed by atoms with Gasteiger partial charge in [0, 0.05) is 16.5 Å². The van der Waals surface area contributed by atoms with Crippen molar-refractivity contribution in [1.82, 2.24) is 0 Å². The third kappa shape index (κ3) is 225. The fraction of sp³-hybridized carbons (Fsp3) is 0.571. The minimum Gasteiger partial charge on any atom is -0.307 e. The van der Waals surface area contributed by atoms with Crippen molar-refractivity contribution in [1.29, 1.82) is 0 Å². The van der Waals surface area contributed by atoms with Crippen molar-refractivity contribution in [3.63, 3.8) is 0 Å². The van der Waals surface area contributed by atoms with Crippen molar-refractivity contribution in [2.75, 3.05) is 11.5 Å². The summed E-state index contributed by atoms with van der Waals surface area (Å²) in [6.07, 6.45) is 0. The van der Waals surface area contributed by atoms with E-state index in [0.717, 1.165) is 0 Å². The van der Waals surface area contributed by atoms with Crippen molar-refractivity contribution in [2.45, 2.75) is 13.8 Å². The fourth-order valence-electron chi connectivity index (χ4n) is 0.204. The number of hydrogen-bond donors (Lipinski definition) is 0. The second-order valence-corrected chi connectivity index (χ2v) is 2.34. The van der Waals surface area contributed by atoms with Gasteiger partial charge in [-0.05, 0) is 11.5 Å². The van der Waals surface area contributed by atoms with Crippen molar-refractivity contribution >= 4 is 32.1 Å². The van der Waals surface area contributed by atoms with Gasteiger partial charge >= 0.3 is 0 Å². The maximum Gasteiger partial charge on any atom is 0.106 e. The molecule has 5 heteroatoms. The van der Waals surface area contributed by atoms with Gasteiger partial charge in [0.1, 0.15) is 20.4 Å². The van der Waals surface area contributed by atoms with E-state index < -0.39 is 0 Å². The molecule has 0 spiro atoms. The first-order valence-electron chi connectivity index (χ1n) is 2.86. The Kier molecular flexibility index (Phi) is 321. The number of rotatable bonds is 2. The van der Waals surface area contributed by atoms with Gasteiger partial charge in [-0.3, -0.25) is 0 Å². The molecule has 0 fully saturated rings. The van der Waals surface area contributed by atoms with Gasteiger partial charge in [0.05, 0.1) is 0 Å². The molecule has 0 aromatic carbocycles. The van der Waals surface area contributed by atoms with Gasteiger partial charge in [0.15, 0.2) is 0 Å². The van der Waals surface area contributed by atoms with Crippen LogP contribution in [-0.4, -0.2) is 31.9 Å². The molecule has 0 aromatic rings. The van der Waals surface area contributed by atoms with Gasteiger partial charge in [0.25, 0.3) is 0 Å². The maximum atomic E-state index is 8.00. The summed E-state index contributed by atoms with van der Waals surface area (Å²) in [5, 5.41) is 0. The molecule has 0 amide bonds. The first-order valence-corrected chi connectivity index (χ1v) is 4.01. The SMILES string of the molecule is C=O.C=O.C=O.CCSCC.[Ni]. The third-order valence-corrected chi connectivity index (χ3v) is 1.22. The summed E-state index contributed by atoms with van der Waals surface area (Å²) in [5.74, 6) is 2.52. The van der Waals surface area contributed by atoms with Gasteiger partial charge in [-0.1, -0.05) is 13.8 Å². The van der Waals surface area contributed by atoms with Crippen LogP contribution < -0.4 is 0 Å². The predicted octanol–water partition coefficient (Wildman–Crippen LogP) is 1.20. The molecule has 0 saturated carbocycles. The molecule has 0 atom stereocenters. The Morgan fingerprint density at radius 1 is 0.833 bits per heavy atom. The molecule has 12 heavy (non-hydrogen) atoms. The Bertz CT molecular complexity index is 42.9. The molecule has 0 aliphatic rings. The minimum atomic E-state index is 0. The first kappa shape index (κ1) is 29.7. The Morgan fingerprint density at radius 2 is 1.00 bits per heavy atom. The smallest absolute Gasteiger partial charge is 0.106 e. The van der Waals surface area contributed by atoms with Crippen LogP contribution in [0.1, 0.15) is 13.8 Å². The zero-order chi connectivity index (χ0) is 10.1. The van der Waals surface area contributed by atoms with Crippen LogP contribution in [0, 0.1) is 0 Å². The zero-order valence-corrected chi connectivity index (χ0v) is 9.29. The van der Waals surface area contributed by atoms with E-state index in [-0.39, 0.29) is 16.5 Å². The van der Waals surface area contributed by atoms with Crippen LogP contribution >= 0.6 is 11.8 Å². The van der Waals surface area contributed by atoms with Crippen LogP contribution in [0.4, 0.5) is 0 Å². The van der Waals surface area contributed by atoms with E-state index >= 15 is 0 Å². The molecule has 0 radical (unpaired) electrons. The number of thioether (sulfide) groups is 1. The largest absolute Gasteiger partial charge is 0.307 e. The topological polar surface area (TPSA) is 51.2 Å². The molecule has 0 aliphatic carbocycles. The van der Waals surface area contributed by atoms with E-state index in [1.807, 2.05) is 32.1 Å². The quantitative estimate of drug-likeness (QED) is 0.679. The van der Waals surface area contributed by atoms with Gasteiger partial charge in [-0.25, -0.2) is 0 Å². The summed E-state index contributed by atoms with van der Waals surface area (Å²) in [6, 6.07) is 0. The first-order chi connectivity index (χ1) is 5.41. The molecule has 0 bridgehead atoms. The van der Waals surface area contributed by atoms with E-state index in [1.165, 1.54) is 11.5 Å². The van der Waals surface area contributed by atoms with Crippen LogP contribution in [0.3, 0.4) is 0 Å². The van der Waals surface area contributed by atoms with Gasteiger partial charge in [-0.15, -0.1) is 0 Å². The Labute approximate surface area is 88.6 Å². The Hall–Kier alpha value is -0.146. The van der Waals surface area contributed by atoms with Crippen LogP contribution in [0.2, 0.25) is 0 Å². The van der Waals surface area contributed by atoms with E-state index in [2.05, 4.69) is 13.8 Å². The molecular weight excluding hydrogens is 223 g/mol. The summed E-state index contributed by atoms with van der Waals surface area (Å²) < 4.78 is 0. The Balaban J connectivity index is -0.0000000203. The molecule has 0 aliphatic heterocycles. The molecule has 0 saturated heterocycles. The van der Waals surface area contributed by atoms with Crippen LogP contribution in [0.25, 0.3) is 0 Å². The summed E-state index contributed by atoms with van der Waals surface area (Å²) in [4.78, 5) is 24.0. The van der Waals surface area contributed by atoms with Crippen molar-refractivity contribution in [3.8, 4) is 0 Å². The predicted molar refractivity (Wildman–Crippen MR) is 50.0 cm³/mol. The van der Waals surface area contributed by atoms with Crippen LogP contribution in [0.15, 0.2) is 0 Å². The maximum absolute atomic E-state index is 8.00. The summed E-state index contributed by atoms with van der Waals surface area (Å²) >= 11 is 1.96. The second kappa shape index (κ2) is 129. The summed E-state index contributed by atoms with van der Waals surface area (Å²) in [5.41, 5.74) is 0. The Morgan fingerprint density at radius 3 is 1.00 bits per heavy atom. The number of carbonyl (C=O) groups is 3. The van der Waals surface area contributed by atoms with E-state index in [4.69, 9.17) is 14.4 Å². The van der Waals surface area contributed by atoms with Crippen molar-refractivity contribution in [2.24, 2.45) is 0 Å². The van der Waals surface area contributed by atoms with E-state index in [0.29, 0.717) is 0 Å². The van der Waals surface area contributed by atoms with Crippen LogP contribution in [0.5, 0.6) is 0 Å².